The Morgan fingerprint density at radius 3 is 2.79 bits per heavy atom. The maximum Gasteiger partial charge on any atom is 0.337 e. The minimum atomic E-state index is -2.90. The first-order chi connectivity index (χ1) is 18.1. The number of amidine groups is 1. The summed E-state index contributed by atoms with van der Waals surface area (Å²) < 4.78 is 45.4. The standard InChI is InChI=1S/C19H22F2N4O4S.C6H4ClF/c1-2-29-18(28)13-9-23-16(17-22-7-8-30-17)24-14(13)10-25-11-19(20,21)6-5-12(25)3-4-15(26)27;7-5-2-1-3-6(8)4-5/h3-4,7-8,12H,2,5-6,9-11H2,1H3,(H,23,24)(H,26,27);1-4H/b4-3+;. The topological polar surface area (TPSA) is 104 Å². The number of halogens is 4. The van der Waals surface area contributed by atoms with Crippen LogP contribution < -0.4 is 5.32 Å². The first-order valence-corrected chi connectivity index (χ1v) is 12.9. The predicted molar refractivity (Wildman–Crippen MR) is 138 cm³/mol. The van der Waals surface area contributed by atoms with Gasteiger partial charge in [-0.3, -0.25) is 9.89 Å². The number of nitrogens with one attached hydrogen (secondary N) is 1. The highest BCUT2D eigenvalue weighted by molar-refractivity contribution is 7.11. The van der Waals surface area contributed by atoms with E-state index in [4.69, 9.17) is 21.4 Å². The lowest BCUT2D eigenvalue weighted by molar-refractivity contribution is -0.138. The second kappa shape index (κ2) is 13.5. The number of carbonyl (C=O) groups excluding carboxylic acids is 1. The van der Waals surface area contributed by atoms with Crippen molar-refractivity contribution in [1.82, 2.24) is 15.2 Å². The van der Waals surface area contributed by atoms with Gasteiger partial charge < -0.3 is 15.2 Å². The Bertz CT molecular complexity index is 1200. The monoisotopic (exact) mass is 570 g/mol. The zero-order chi connectivity index (χ0) is 27.7. The molecule has 0 radical (unpaired) electrons. The van der Waals surface area contributed by atoms with E-state index in [-0.39, 0.29) is 43.9 Å². The van der Waals surface area contributed by atoms with Crippen molar-refractivity contribution in [3.05, 3.63) is 75.1 Å². The summed E-state index contributed by atoms with van der Waals surface area (Å²) in [4.78, 5) is 33.3. The molecule has 4 rings (SSSR count). The van der Waals surface area contributed by atoms with Crippen molar-refractivity contribution in [3.8, 4) is 0 Å². The van der Waals surface area contributed by atoms with Gasteiger partial charge in [-0.15, -0.1) is 11.3 Å². The number of hydrogen-bond acceptors (Lipinski definition) is 8. The Kier molecular flexibility index (Phi) is 10.5. The number of alkyl halides is 2. The maximum atomic E-state index is 14.1. The number of hydrogen-bond donors (Lipinski definition) is 2. The number of esters is 1. The average molecular weight is 571 g/mol. The van der Waals surface area contributed by atoms with E-state index in [1.165, 1.54) is 34.4 Å². The molecule has 13 heteroatoms. The summed E-state index contributed by atoms with van der Waals surface area (Å²) in [6.45, 7) is 1.33. The minimum absolute atomic E-state index is 0.0112. The number of thiazole rings is 1. The molecule has 0 amide bonds. The van der Waals surface area contributed by atoms with Gasteiger partial charge in [0.1, 0.15) is 5.82 Å². The number of aliphatic carboxylic acids is 1. The molecular formula is C25H26ClF3N4O4S. The van der Waals surface area contributed by atoms with Crippen molar-refractivity contribution < 1.29 is 32.6 Å². The minimum Gasteiger partial charge on any atom is -0.478 e. The molecule has 0 aliphatic carbocycles. The molecular weight excluding hydrogens is 545 g/mol. The predicted octanol–water partition coefficient (Wildman–Crippen LogP) is 4.53. The Morgan fingerprint density at radius 1 is 1.39 bits per heavy atom. The summed E-state index contributed by atoms with van der Waals surface area (Å²) in [6, 6.07) is 5.32. The van der Waals surface area contributed by atoms with Crippen LogP contribution in [0.25, 0.3) is 0 Å². The Hall–Kier alpha value is -3.22. The molecule has 1 unspecified atom stereocenters. The molecule has 8 nitrogen and oxygen atoms in total. The van der Waals surface area contributed by atoms with Crippen molar-refractivity contribution in [2.45, 2.75) is 31.7 Å². The Morgan fingerprint density at radius 2 is 2.18 bits per heavy atom. The van der Waals surface area contributed by atoms with E-state index in [1.54, 1.807) is 30.6 Å². The van der Waals surface area contributed by atoms with Gasteiger partial charge in [0.15, 0.2) is 10.8 Å². The molecule has 1 aromatic heterocycles. The van der Waals surface area contributed by atoms with Gasteiger partial charge in [-0.25, -0.2) is 27.7 Å². The van der Waals surface area contributed by atoms with Gasteiger partial charge in [-0.1, -0.05) is 23.7 Å². The van der Waals surface area contributed by atoms with Gasteiger partial charge in [0, 0.05) is 47.4 Å². The lowest BCUT2D eigenvalue weighted by Gasteiger charge is -2.39. The highest BCUT2D eigenvalue weighted by atomic mass is 35.5. The number of carboxylic acid groups (broad SMARTS) is 1. The van der Waals surface area contributed by atoms with E-state index in [0.29, 0.717) is 21.6 Å². The highest BCUT2D eigenvalue weighted by Crippen LogP contribution is 2.31. The third kappa shape index (κ3) is 8.67. The van der Waals surface area contributed by atoms with Crippen molar-refractivity contribution in [2.75, 3.05) is 26.2 Å². The van der Waals surface area contributed by atoms with E-state index < -0.39 is 30.4 Å². The largest absolute Gasteiger partial charge is 0.478 e. The van der Waals surface area contributed by atoms with Crippen molar-refractivity contribution in [2.24, 2.45) is 4.99 Å². The van der Waals surface area contributed by atoms with Crippen LogP contribution in [-0.2, 0) is 14.3 Å². The van der Waals surface area contributed by atoms with Crippen LogP contribution in [-0.4, -0.2) is 71.0 Å². The van der Waals surface area contributed by atoms with E-state index in [9.17, 15) is 22.8 Å². The molecule has 1 fully saturated rings. The van der Waals surface area contributed by atoms with E-state index >= 15 is 0 Å². The van der Waals surface area contributed by atoms with Crippen LogP contribution in [0.5, 0.6) is 0 Å². The van der Waals surface area contributed by atoms with Crippen molar-refractivity contribution >= 4 is 40.7 Å². The normalized spacial score (nSPS) is 19.3. The molecule has 2 aliphatic rings. The number of likely N-dealkylation sites (tertiary alicyclic amines) is 1. The SMILES string of the molecule is CCOC(=O)C1=C(CN2CC(F)(F)CCC2/C=C/C(=O)O)NC(c2nccs2)=NC1.Fc1cccc(Cl)c1. The summed E-state index contributed by atoms with van der Waals surface area (Å²) in [5.41, 5.74) is 0.659. The molecule has 2 aromatic rings. The molecule has 1 atom stereocenters. The quantitative estimate of drug-likeness (QED) is 0.372. The summed E-state index contributed by atoms with van der Waals surface area (Å²) in [7, 11) is 0. The van der Waals surface area contributed by atoms with Crippen molar-refractivity contribution in [1.29, 1.82) is 0 Å². The third-order valence-corrected chi connectivity index (χ3v) is 6.52. The number of aromatic nitrogens is 1. The lowest BCUT2D eigenvalue weighted by atomic mass is 9.98. The van der Waals surface area contributed by atoms with Crippen LogP contribution in [0.4, 0.5) is 13.2 Å². The molecule has 204 valence electrons. The molecule has 0 spiro atoms. The van der Waals surface area contributed by atoms with Gasteiger partial charge in [0.2, 0.25) is 0 Å². The average Bonchev–Trinajstić information content (AvgIpc) is 3.38. The fourth-order valence-corrected chi connectivity index (χ4v) is 4.57. The first kappa shape index (κ1) is 29.3. The number of aliphatic imine (C=N–C) groups is 1. The molecule has 2 aliphatic heterocycles. The molecule has 0 saturated carbocycles. The van der Waals surface area contributed by atoms with E-state index in [0.717, 1.165) is 6.08 Å². The number of ether oxygens (including phenoxy) is 1. The smallest absolute Gasteiger partial charge is 0.337 e. The van der Waals surface area contributed by atoms with Gasteiger partial charge in [-0.2, -0.15) is 0 Å². The maximum absolute atomic E-state index is 14.1. The van der Waals surface area contributed by atoms with Gasteiger partial charge in [-0.05, 0) is 31.5 Å². The first-order valence-electron chi connectivity index (χ1n) is 11.6. The molecule has 3 heterocycles. The van der Waals surface area contributed by atoms with Gasteiger partial charge in [0.25, 0.3) is 5.92 Å². The van der Waals surface area contributed by atoms with Crippen LogP contribution in [0.2, 0.25) is 5.02 Å². The number of carbonyl (C=O) groups is 2. The van der Waals surface area contributed by atoms with Crippen LogP contribution in [0.1, 0.15) is 24.8 Å². The number of benzene rings is 1. The summed E-state index contributed by atoms with van der Waals surface area (Å²) in [5.74, 6) is -4.46. The van der Waals surface area contributed by atoms with Crippen LogP contribution in [0, 0.1) is 5.82 Å². The fraction of sp³-hybridized carbons (Fsp3) is 0.360. The Labute approximate surface area is 226 Å². The third-order valence-electron chi connectivity index (χ3n) is 5.50. The zero-order valence-electron chi connectivity index (χ0n) is 20.4. The molecule has 38 heavy (non-hydrogen) atoms. The molecule has 2 N–H and O–H groups in total. The molecule has 1 aromatic carbocycles. The second-order valence-electron chi connectivity index (χ2n) is 8.31. The number of nitrogens with zero attached hydrogens (tertiary/aromatic N) is 3. The van der Waals surface area contributed by atoms with E-state index in [2.05, 4.69) is 15.3 Å². The summed E-state index contributed by atoms with van der Waals surface area (Å²) in [6.07, 6.45) is 3.75. The van der Waals surface area contributed by atoms with Crippen LogP contribution in [0.15, 0.2) is 64.3 Å². The zero-order valence-corrected chi connectivity index (χ0v) is 21.9. The number of carboxylic acids is 1. The van der Waals surface area contributed by atoms with E-state index in [1.807, 2.05) is 0 Å². The number of rotatable bonds is 7. The van der Waals surface area contributed by atoms with Crippen LogP contribution in [0.3, 0.4) is 0 Å². The van der Waals surface area contributed by atoms with Crippen LogP contribution >= 0.6 is 22.9 Å². The highest BCUT2D eigenvalue weighted by Gasteiger charge is 2.40. The van der Waals surface area contributed by atoms with Gasteiger partial charge >= 0.3 is 11.9 Å². The Balaban J connectivity index is 0.000000427. The second-order valence-corrected chi connectivity index (χ2v) is 9.64. The summed E-state index contributed by atoms with van der Waals surface area (Å²) in [5, 5.41) is 14.8. The fourth-order valence-electron chi connectivity index (χ4n) is 3.80. The van der Waals surface area contributed by atoms with Crippen molar-refractivity contribution in [3.63, 3.8) is 0 Å². The number of piperidine rings is 1. The summed E-state index contributed by atoms with van der Waals surface area (Å²) >= 11 is 6.76. The van der Waals surface area contributed by atoms with Gasteiger partial charge in [0.05, 0.1) is 25.3 Å². The lowest BCUT2D eigenvalue weighted by Crippen LogP contribution is -2.50. The molecule has 1 saturated heterocycles. The molecule has 0 bridgehead atoms.